The largest absolute Gasteiger partial charge is 0.303 e. The van der Waals surface area contributed by atoms with E-state index in [2.05, 4.69) is 16.9 Å². The van der Waals surface area contributed by atoms with Crippen LogP contribution in [0.25, 0.3) is 0 Å². The lowest BCUT2D eigenvalue weighted by Crippen LogP contribution is -2.33. The number of terminal acetylenes is 1. The van der Waals surface area contributed by atoms with E-state index in [1.807, 2.05) is 0 Å². The van der Waals surface area contributed by atoms with Crippen molar-refractivity contribution in [3.05, 3.63) is 0 Å². The number of rotatable bonds is 3. The van der Waals surface area contributed by atoms with Crippen LogP contribution in [-0.2, 0) is 0 Å². The van der Waals surface area contributed by atoms with Crippen LogP contribution in [0.15, 0.2) is 0 Å². The van der Waals surface area contributed by atoms with E-state index in [1.54, 1.807) is 0 Å². The molecule has 1 aliphatic rings. The summed E-state index contributed by atoms with van der Waals surface area (Å²) in [4.78, 5) is 2.41. The van der Waals surface area contributed by atoms with Gasteiger partial charge in [-0.15, -0.1) is 12.3 Å². The summed E-state index contributed by atoms with van der Waals surface area (Å²) in [5.41, 5.74) is 0. The maximum Gasteiger partial charge on any atom is 0.0656 e. The standard InChI is InChI=1S/C11H16N2/c1-2-3-4-7-13-8-5-11(10-12)6-9-13/h1,11H,3-9H2. The van der Waals surface area contributed by atoms with Crippen LogP contribution < -0.4 is 0 Å². The lowest BCUT2D eigenvalue weighted by atomic mass is 9.98. The molecule has 0 saturated carbocycles. The van der Waals surface area contributed by atoms with E-state index in [0.717, 1.165) is 45.3 Å². The number of nitriles is 1. The first kappa shape index (κ1) is 10.1. The van der Waals surface area contributed by atoms with E-state index in [-0.39, 0.29) is 0 Å². The summed E-state index contributed by atoms with van der Waals surface area (Å²) in [6, 6.07) is 2.33. The van der Waals surface area contributed by atoms with Gasteiger partial charge in [-0.1, -0.05) is 0 Å². The Morgan fingerprint density at radius 1 is 1.38 bits per heavy atom. The van der Waals surface area contributed by atoms with Gasteiger partial charge in [0.25, 0.3) is 0 Å². The molecule has 0 aromatic heterocycles. The van der Waals surface area contributed by atoms with Gasteiger partial charge in [0.1, 0.15) is 0 Å². The van der Waals surface area contributed by atoms with Crippen LogP contribution in [-0.4, -0.2) is 24.5 Å². The molecule has 0 aromatic carbocycles. The van der Waals surface area contributed by atoms with Crippen molar-refractivity contribution in [2.24, 2.45) is 5.92 Å². The van der Waals surface area contributed by atoms with Crippen molar-refractivity contribution in [1.82, 2.24) is 4.90 Å². The van der Waals surface area contributed by atoms with E-state index >= 15 is 0 Å². The Kier molecular flexibility index (Phi) is 4.36. The van der Waals surface area contributed by atoms with Gasteiger partial charge in [0.15, 0.2) is 0 Å². The highest BCUT2D eigenvalue weighted by Gasteiger charge is 2.17. The molecule has 2 heteroatoms. The van der Waals surface area contributed by atoms with E-state index in [4.69, 9.17) is 11.7 Å². The molecule has 0 N–H and O–H groups in total. The summed E-state index contributed by atoms with van der Waals surface area (Å²) < 4.78 is 0. The fourth-order valence-corrected chi connectivity index (χ4v) is 1.69. The predicted molar refractivity (Wildman–Crippen MR) is 52.8 cm³/mol. The fourth-order valence-electron chi connectivity index (χ4n) is 1.69. The predicted octanol–water partition coefficient (Wildman–Crippen LogP) is 1.64. The van der Waals surface area contributed by atoms with E-state index in [0.29, 0.717) is 5.92 Å². The summed E-state index contributed by atoms with van der Waals surface area (Å²) in [6.45, 7) is 3.24. The molecule has 13 heavy (non-hydrogen) atoms. The van der Waals surface area contributed by atoms with Crippen LogP contribution in [0.4, 0.5) is 0 Å². The highest BCUT2D eigenvalue weighted by atomic mass is 15.1. The Labute approximate surface area is 80.5 Å². The molecular weight excluding hydrogens is 160 g/mol. The zero-order chi connectivity index (χ0) is 9.52. The molecule has 2 nitrogen and oxygen atoms in total. The molecule has 1 heterocycles. The molecule has 70 valence electrons. The molecule has 1 aliphatic heterocycles. The first-order valence-electron chi connectivity index (χ1n) is 4.92. The highest BCUT2D eigenvalue weighted by molar-refractivity contribution is 4.88. The topological polar surface area (TPSA) is 27.0 Å². The summed E-state index contributed by atoms with van der Waals surface area (Å²) in [6.07, 6.45) is 9.21. The van der Waals surface area contributed by atoms with Gasteiger partial charge in [0.05, 0.1) is 6.07 Å². The van der Waals surface area contributed by atoms with Gasteiger partial charge in [-0.05, 0) is 38.9 Å². The molecule has 0 aromatic rings. The van der Waals surface area contributed by atoms with Crippen LogP contribution >= 0.6 is 0 Å². The molecule has 0 bridgehead atoms. The van der Waals surface area contributed by atoms with Crippen molar-refractivity contribution in [1.29, 1.82) is 5.26 Å². The molecule has 0 spiro atoms. The molecule has 0 amide bonds. The third-order valence-corrected chi connectivity index (χ3v) is 2.57. The summed E-state index contributed by atoms with van der Waals surface area (Å²) >= 11 is 0. The fraction of sp³-hybridized carbons (Fsp3) is 0.727. The minimum absolute atomic E-state index is 0.295. The second-order valence-electron chi connectivity index (χ2n) is 3.55. The van der Waals surface area contributed by atoms with Crippen LogP contribution in [0.1, 0.15) is 25.7 Å². The normalized spacial score (nSPS) is 19.2. The van der Waals surface area contributed by atoms with Gasteiger partial charge in [-0.25, -0.2) is 0 Å². The Bertz CT molecular complexity index is 210. The summed E-state index contributed by atoms with van der Waals surface area (Å²) in [7, 11) is 0. The smallest absolute Gasteiger partial charge is 0.0656 e. The van der Waals surface area contributed by atoms with Gasteiger partial charge < -0.3 is 4.90 Å². The average Bonchev–Trinajstić information content (AvgIpc) is 2.19. The van der Waals surface area contributed by atoms with Gasteiger partial charge in [0.2, 0.25) is 0 Å². The number of piperidine rings is 1. The number of nitrogens with zero attached hydrogens (tertiary/aromatic N) is 2. The molecule has 1 rings (SSSR count). The van der Waals surface area contributed by atoms with Crippen molar-refractivity contribution < 1.29 is 0 Å². The lowest BCUT2D eigenvalue weighted by Gasteiger charge is -2.28. The highest BCUT2D eigenvalue weighted by Crippen LogP contribution is 2.15. The van der Waals surface area contributed by atoms with Crippen LogP contribution in [0, 0.1) is 29.6 Å². The van der Waals surface area contributed by atoms with E-state index in [9.17, 15) is 0 Å². The average molecular weight is 176 g/mol. The molecule has 0 unspecified atom stereocenters. The van der Waals surface area contributed by atoms with Crippen molar-refractivity contribution >= 4 is 0 Å². The maximum absolute atomic E-state index is 8.70. The Morgan fingerprint density at radius 2 is 2.08 bits per heavy atom. The summed E-state index contributed by atoms with van der Waals surface area (Å²) in [5.74, 6) is 2.94. The Morgan fingerprint density at radius 3 is 2.62 bits per heavy atom. The number of hydrogen-bond donors (Lipinski definition) is 0. The number of likely N-dealkylation sites (tertiary alicyclic amines) is 1. The van der Waals surface area contributed by atoms with Gasteiger partial charge >= 0.3 is 0 Å². The maximum atomic E-state index is 8.70. The summed E-state index contributed by atoms with van der Waals surface area (Å²) in [5, 5.41) is 8.70. The molecule has 1 fully saturated rings. The second-order valence-corrected chi connectivity index (χ2v) is 3.55. The Balaban J connectivity index is 2.12. The third kappa shape index (κ3) is 3.49. The van der Waals surface area contributed by atoms with Crippen molar-refractivity contribution in [2.45, 2.75) is 25.7 Å². The number of unbranched alkanes of at least 4 members (excludes halogenated alkanes) is 1. The van der Waals surface area contributed by atoms with Crippen LogP contribution in [0.5, 0.6) is 0 Å². The minimum Gasteiger partial charge on any atom is -0.303 e. The van der Waals surface area contributed by atoms with Crippen LogP contribution in [0.3, 0.4) is 0 Å². The lowest BCUT2D eigenvalue weighted by molar-refractivity contribution is 0.204. The monoisotopic (exact) mass is 176 g/mol. The van der Waals surface area contributed by atoms with Gasteiger partial charge in [-0.2, -0.15) is 5.26 Å². The van der Waals surface area contributed by atoms with Crippen molar-refractivity contribution in [3.8, 4) is 18.4 Å². The molecule has 0 radical (unpaired) electrons. The zero-order valence-electron chi connectivity index (χ0n) is 8.00. The van der Waals surface area contributed by atoms with Crippen molar-refractivity contribution in [3.63, 3.8) is 0 Å². The van der Waals surface area contributed by atoms with E-state index < -0.39 is 0 Å². The molecular formula is C11H16N2. The molecule has 0 atom stereocenters. The zero-order valence-corrected chi connectivity index (χ0v) is 8.00. The first-order valence-corrected chi connectivity index (χ1v) is 4.92. The SMILES string of the molecule is C#CCCCN1CCC(C#N)CC1. The van der Waals surface area contributed by atoms with Crippen LogP contribution in [0.2, 0.25) is 0 Å². The third-order valence-electron chi connectivity index (χ3n) is 2.57. The van der Waals surface area contributed by atoms with E-state index in [1.165, 1.54) is 0 Å². The number of hydrogen-bond acceptors (Lipinski definition) is 2. The van der Waals surface area contributed by atoms with Crippen molar-refractivity contribution in [2.75, 3.05) is 19.6 Å². The first-order chi connectivity index (χ1) is 6.36. The quantitative estimate of drug-likeness (QED) is 0.483. The minimum atomic E-state index is 0.295. The molecule has 1 saturated heterocycles. The van der Waals surface area contributed by atoms with Gasteiger partial charge in [0, 0.05) is 12.3 Å². The Hall–Kier alpha value is -0.990. The molecule has 0 aliphatic carbocycles. The van der Waals surface area contributed by atoms with Gasteiger partial charge in [-0.3, -0.25) is 0 Å². The second kappa shape index (κ2) is 5.62.